The number of aryl methyl sites for hydroxylation is 1. The third kappa shape index (κ3) is 6.98. The smallest absolute Gasteiger partial charge is 0.306 e. The number of hydrogen-bond donors (Lipinski definition) is 1. The SMILES string of the molecule is C/C(=C\c1csc(C)n1)[C@@H]1C[C@@H]2C[C@H]2CCC[C@H](C)[C@H](O)[C@@H](C)C(=O)C(C)(C)CCC(=O)O1. The topological polar surface area (TPSA) is 76.5 Å². The lowest BCUT2D eigenvalue weighted by Gasteiger charge is -2.31. The van der Waals surface area contributed by atoms with Crippen LogP contribution in [0.1, 0.15) is 90.3 Å². The molecule has 33 heavy (non-hydrogen) atoms. The summed E-state index contributed by atoms with van der Waals surface area (Å²) in [4.78, 5) is 30.5. The van der Waals surface area contributed by atoms with E-state index in [1.807, 2.05) is 46.1 Å². The molecule has 0 aromatic carbocycles. The van der Waals surface area contributed by atoms with E-state index >= 15 is 0 Å². The molecule has 1 aliphatic heterocycles. The first-order valence-corrected chi connectivity index (χ1v) is 13.4. The highest BCUT2D eigenvalue weighted by Crippen LogP contribution is 2.47. The first-order chi connectivity index (χ1) is 15.5. The second-order valence-electron chi connectivity index (χ2n) is 11.1. The summed E-state index contributed by atoms with van der Waals surface area (Å²) in [6, 6.07) is 0. The number of aromatic nitrogens is 1. The minimum absolute atomic E-state index is 0.0236. The number of nitrogens with zero attached hydrogens (tertiary/aromatic N) is 1. The highest BCUT2D eigenvalue weighted by atomic mass is 32.1. The summed E-state index contributed by atoms with van der Waals surface area (Å²) in [6.45, 7) is 11.6. The zero-order chi connectivity index (χ0) is 24.3. The van der Waals surface area contributed by atoms with Gasteiger partial charge in [-0.2, -0.15) is 0 Å². The highest BCUT2D eigenvalue weighted by molar-refractivity contribution is 7.09. The molecule has 1 aromatic rings. The van der Waals surface area contributed by atoms with Gasteiger partial charge in [0.05, 0.1) is 16.8 Å². The molecule has 6 heteroatoms. The van der Waals surface area contributed by atoms with E-state index in [-0.39, 0.29) is 30.2 Å². The van der Waals surface area contributed by atoms with E-state index in [2.05, 4.69) is 11.9 Å². The second-order valence-corrected chi connectivity index (χ2v) is 12.1. The molecule has 1 saturated carbocycles. The Labute approximate surface area is 203 Å². The molecule has 2 aliphatic rings. The molecule has 2 fully saturated rings. The van der Waals surface area contributed by atoms with E-state index in [1.165, 1.54) is 6.42 Å². The van der Waals surface area contributed by atoms with Crippen molar-refractivity contribution < 1.29 is 19.4 Å². The first-order valence-electron chi connectivity index (χ1n) is 12.5. The van der Waals surface area contributed by atoms with Gasteiger partial charge in [-0.3, -0.25) is 9.59 Å². The fraction of sp³-hybridized carbons (Fsp3) is 0.741. The summed E-state index contributed by atoms with van der Waals surface area (Å²) in [6.07, 6.45) is 6.91. The highest BCUT2D eigenvalue weighted by Gasteiger charge is 2.41. The lowest BCUT2D eigenvalue weighted by atomic mass is 9.74. The molecule has 0 bridgehead atoms. The van der Waals surface area contributed by atoms with Gasteiger partial charge < -0.3 is 9.84 Å². The van der Waals surface area contributed by atoms with Crippen LogP contribution in [-0.4, -0.2) is 34.1 Å². The summed E-state index contributed by atoms with van der Waals surface area (Å²) in [5, 5.41) is 13.8. The lowest BCUT2D eigenvalue weighted by molar-refractivity contribution is -0.149. The van der Waals surface area contributed by atoms with Crippen molar-refractivity contribution >= 4 is 29.2 Å². The Balaban J connectivity index is 1.77. The molecule has 0 unspecified atom stereocenters. The van der Waals surface area contributed by atoms with Gasteiger partial charge in [-0.1, -0.05) is 40.5 Å². The number of rotatable bonds is 2. The average Bonchev–Trinajstić information content (AvgIpc) is 3.37. The monoisotopic (exact) mass is 475 g/mol. The van der Waals surface area contributed by atoms with Crippen LogP contribution in [0.2, 0.25) is 0 Å². The number of aliphatic hydroxyl groups is 1. The third-order valence-electron chi connectivity index (χ3n) is 7.74. The Morgan fingerprint density at radius 1 is 1.21 bits per heavy atom. The fourth-order valence-corrected chi connectivity index (χ4v) is 5.79. The number of fused-ring (bicyclic) bond motifs is 1. The van der Waals surface area contributed by atoms with Gasteiger partial charge >= 0.3 is 5.97 Å². The number of ketones is 1. The maximum Gasteiger partial charge on any atom is 0.306 e. The summed E-state index contributed by atoms with van der Waals surface area (Å²) < 4.78 is 5.99. The molecule has 1 saturated heterocycles. The predicted octanol–water partition coefficient (Wildman–Crippen LogP) is 5.99. The number of Topliss-reactive ketones (excluding diaryl/α,β-unsaturated/α-hetero) is 1. The van der Waals surface area contributed by atoms with Gasteiger partial charge in [0.2, 0.25) is 0 Å². The summed E-state index contributed by atoms with van der Waals surface area (Å²) >= 11 is 1.62. The number of ether oxygens (including phenoxy) is 1. The average molecular weight is 476 g/mol. The molecule has 2 heterocycles. The Bertz CT molecular complexity index is 873. The Kier molecular flexibility index (Phi) is 8.55. The van der Waals surface area contributed by atoms with Crippen LogP contribution in [0.3, 0.4) is 0 Å². The van der Waals surface area contributed by atoms with E-state index in [4.69, 9.17) is 4.74 Å². The molecule has 1 N–H and O–H groups in total. The van der Waals surface area contributed by atoms with E-state index < -0.39 is 17.4 Å². The molecule has 5 nitrogen and oxygen atoms in total. The van der Waals surface area contributed by atoms with E-state index in [0.29, 0.717) is 18.3 Å². The van der Waals surface area contributed by atoms with Crippen LogP contribution in [0, 0.1) is 36.0 Å². The number of esters is 1. The normalized spacial score (nSPS) is 34.5. The summed E-state index contributed by atoms with van der Waals surface area (Å²) in [5.74, 6) is 0.662. The maximum absolute atomic E-state index is 13.1. The standard InChI is InChI=1S/C27H41NO4S/c1-16-8-7-9-20-13-21(20)14-23(17(2)12-22-15-33-19(4)28-22)32-24(29)10-11-27(5,6)26(31)18(3)25(16)30/h12,15-16,18,20-21,23,25,30H,7-11,13-14H2,1-6H3/b17-12+/t16-,18+,20+,21-,23-,25-/m0/s1. The number of hydrogen-bond acceptors (Lipinski definition) is 6. The van der Waals surface area contributed by atoms with Crippen LogP contribution in [0.15, 0.2) is 11.0 Å². The van der Waals surface area contributed by atoms with E-state index in [1.54, 1.807) is 11.3 Å². The predicted molar refractivity (Wildman–Crippen MR) is 133 cm³/mol. The molecular weight excluding hydrogens is 434 g/mol. The molecule has 6 atom stereocenters. The van der Waals surface area contributed by atoms with Crippen molar-refractivity contribution in [1.29, 1.82) is 0 Å². The minimum Gasteiger partial charge on any atom is -0.458 e. The van der Waals surface area contributed by atoms with Gasteiger partial charge in [0.1, 0.15) is 11.9 Å². The Morgan fingerprint density at radius 3 is 2.61 bits per heavy atom. The largest absolute Gasteiger partial charge is 0.458 e. The second kappa shape index (κ2) is 10.8. The molecule has 0 spiro atoms. The minimum atomic E-state index is -0.684. The number of cyclic esters (lactones) is 1. The molecular formula is C27H41NO4S. The molecule has 1 aliphatic carbocycles. The molecule has 0 radical (unpaired) electrons. The maximum atomic E-state index is 13.1. The number of aliphatic hydroxyl groups excluding tert-OH is 1. The molecule has 184 valence electrons. The van der Waals surface area contributed by atoms with Crippen LogP contribution in [0.5, 0.6) is 0 Å². The van der Waals surface area contributed by atoms with Gasteiger partial charge in [0.15, 0.2) is 0 Å². The van der Waals surface area contributed by atoms with Crippen molar-refractivity contribution in [2.75, 3.05) is 0 Å². The summed E-state index contributed by atoms with van der Waals surface area (Å²) in [5.41, 5.74) is 1.26. The first kappa shape index (κ1) is 26.1. The Hall–Kier alpha value is -1.53. The van der Waals surface area contributed by atoms with Crippen molar-refractivity contribution in [3.05, 3.63) is 21.7 Å². The van der Waals surface area contributed by atoms with Crippen molar-refractivity contribution in [2.24, 2.45) is 29.1 Å². The van der Waals surface area contributed by atoms with Crippen molar-refractivity contribution in [2.45, 2.75) is 98.7 Å². The third-order valence-corrected chi connectivity index (χ3v) is 8.54. The van der Waals surface area contributed by atoms with Crippen LogP contribution < -0.4 is 0 Å². The van der Waals surface area contributed by atoms with Gasteiger partial charge in [0, 0.05) is 23.1 Å². The summed E-state index contributed by atoms with van der Waals surface area (Å²) in [7, 11) is 0. The van der Waals surface area contributed by atoms with Crippen molar-refractivity contribution in [1.82, 2.24) is 4.98 Å². The van der Waals surface area contributed by atoms with Crippen LogP contribution >= 0.6 is 11.3 Å². The fourth-order valence-electron chi connectivity index (χ4n) is 5.22. The number of thiazole rings is 1. The molecule has 3 rings (SSSR count). The van der Waals surface area contributed by atoms with Crippen LogP contribution in [0.25, 0.3) is 6.08 Å². The van der Waals surface area contributed by atoms with E-state index in [0.717, 1.165) is 42.0 Å². The van der Waals surface area contributed by atoms with Crippen molar-refractivity contribution in [3.63, 3.8) is 0 Å². The van der Waals surface area contributed by atoms with Gasteiger partial charge in [0.25, 0.3) is 0 Å². The number of carbonyl (C=O) groups is 2. The van der Waals surface area contributed by atoms with Gasteiger partial charge in [-0.15, -0.1) is 11.3 Å². The number of carbonyl (C=O) groups excluding carboxylic acids is 2. The Morgan fingerprint density at radius 2 is 1.94 bits per heavy atom. The lowest BCUT2D eigenvalue weighted by Crippen LogP contribution is -2.39. The van der Waals surface area contributed by atoms with Crippen molar-refractivity contribution in [3.8, 4) is 0 Å². The van der Waals surface area contributed by atoms with E-state index in [9.17, 15) is 14.7 Å². The van der Waals surface area contributed by atoms with Gasteiger partial charge in [-0.05, 0) is 68.9 Å². The van der Waals surface area contributed by atoms with Gasteiger partial charge in [-0.25, -0.2) is 4.98 Å². The van der Waals surface area contributed by atoms with Crippen LogP contribution in [-0.2, 0) is 14.3 Å². The zero-order valence-corrected chi connectivity index (χ0v) is 21.9. The zero-order valence-electron chi connectivity index (χ0n) is 21.1. The molecule has 1 aromatic heterocycles. The quantitative estimate of drug-likeness (QED) is 0.532. The van der Waals surface area contributed by atoms with Crippen LogP contribution in [0.4, 0.5) is 0 Å². The molecule has 0 amide bonds.